The molecule has 0 unspecified atom stereocenters. The summed E-state index contributed by atoms with van der Waals surface area (Å²) in [6.45, 7) is 7.21. The van der Waals surface area contributed by atoms with E-state index in [1.807, 2.05) is 64.1 Å². The van der Waals surface area contributed by atoms with Crippen LogP contribution in [0.1, 0.15) is 42.5 Å². The van der Waals surface area contributed by atoms with Gasteiger partial charge in [-0.1, -0.05) is 72.6 Å². The lowest BCUT2D eigenvalue weighted by Gasteiger charge is -2.34. The second kappa shape index (κ2) is 14.2. The van der Waals surface area contributed by atoms with Gasteiger partial charge in [-0.25, -0.2) is 8.42 Å². The highest BCUT2D eigenvalue weighted by atomic mass is 35.5. The van der Waals surface area contributed by atoms with Gasteiger partial charge in [0.1, 0.15) is 12.6 Å². The summed E-state index contributed by atoms with van der Waals surface area (Å²) in [4.78, 5) is 29.3. The smallest absolute Gasteiger partial charge is 0.244 e. The predicted molar refractivity (Wildman–Crippen MR) is 167 cm³/mol. The minimum atomic E-state index is -3.84. The predicted octanol–water partition coefficient (Wildman–Crippen LogP) is 5.93. The highest BCUT2D eigenvalue weighted by Crippen LogP contribution is 2.26. The lowest BCUT2D eigenvalue weighted by molar-refractivity contribution is -0.140. The molecule has 2 atom stereocenters. The molecule has 3 aromatic carbocycles. The second-order valence-electron chi connectivity index (χ2n) is 10.3. The molecular weight excluding hydrogens is 581 g/mol. The van der Waals surface area contributed by atoms with E-state index < -0.39 is 28.5 Å². The van der Waals surface area contributed by atoms with Crippen LogP contribution in [0.15, 0.2) is 66.7 Å². The van der Waals surface area contributed by atoms with Crippen LogP contribution in [0.5, 0.6) is 0 Å². The van der Waals surface area contributed by atoms with E-state index in [4.69, 9.17) is 23.2 Å². The maximum Gasteiger partial charge on any atom is 0.244 e. The number of carbonyl (C=O) groups is 2. The molecule has 3 aromatic rings. The number of carbonyl (C=O) groups excluding carboxylic acids is 2. The Balaban J connectivity index is 2.09. The Bertz CT molecular complexity index is 1480. The van der Waals surface area contributed by atoms with Crippen molar-refractivity contribution in [1.82, 2.24) is 10.2 Å². The molecule has 0 saturated heterocycles. The zero-order valence-corrected chi connectivity index (χ0v) is 26.4. The van der Waals surface area contributed by atoms with Crippen molar-refractivity contribution >= 4 is 50.7 Å². The normalized spacial score (nSPS) is 12.9. The fraction of sp³-hybridized carbons (Fsp3) is 0.355. The van der Waals surface area contributed by atoms with Crippen molar-refractivity contribution in [2.24, 2.45) is 0 Å². The monoisotopic (exact) mass is 617 g/mol. The van der Waals surface area contributed by atoms with Crippen LogP contribution in [0.2, 0.25) is 10.0 Å². The van der Waals surface area contributed by atoms with Gasteiger partial charge in [0.05, 0.1) is 22.0 Å². The molecule has 0 fully saturated rings. The first kappa shape index (κ1) is 32.4. The van der Waals surface area contributed by atoms with Crippen molar-refractivity contribution in [3.63, 3.8) is 0 Å². The molecular formula is C31H37Cl2N3O4S. The Morgan fingerprint density at radius 1 is 0.902 bits per heavy atom. The summed E-state index contributed by atoms with van der Waals surface area (Å²) in [7, 11) is -3.84. The van der Waals surface area contributed by atoms with E-state index in [2.05, 4.69) is 5.32 Å². The number of benzene rings is 3. The van der Waals surface area contributed by atoms with E-state index in [1.54, 1.807) is 30.3 Å². The average Bonchev–Trinajstić information content (AvgIpc) is 2.92. The number of nitrogens with zero attached hydrogens (tertiary/aromatic N) is 2. The Morgan fingerprint density at radius 3 is 2.17 bits per heavy atom. The van der Waals surface area contributed by atoms with Crippen LogP contribution in [0.25, 0.3) is 0 Å². The van der Waals surface area contributed by atoms with Gasteiger partial charge in [-0.2, -0.15) is 0 Å². The molecule has 0 aliphatic carbocycles. The van der Waals surface area contributed by atoms with E-state index in [9.17, 15) is 18.0 Å². The number of hydrogen-bond donors (Lipinski definition) is 1. The van der Waals surface area contributed by atoms with E-state index in [0.717, 1.165) is 27.3 Å². The van der Waals surface area contributed by atoms with E-state index in [-0.39, 0.29) is 24.9 Å². The fourth-order valence-corrected chi connectivity index (χ4v) is 5.49. The Hall–Kier alpha value is -3.07. The molecule has 3 rings (SSSR count). The molecule has 41 heavy (non-hydrogen) atoms. The number of anilines is 1. The fourth-order valence-electron chi connectivity index (χ4n) is 4.32. The molecule has 1 N–H and O–H groups in total. The molecule has 0 aliphatic heterocycles. The third-order valence-corrected chi connectivity index (χ3v) is 8.95. The third kappa shape index (κ3) is 8.96. The van der Waals surface area contributed by atoms with Gasteiger partial charge in [0.15, 0.2) is 0 Å². The molecule has 0 heterocycles. The van der Waals surface area contributed by atoms with Gasteiger partial charge in [0.2, 0.25) is 21.8 Å². The first-order chi connectivity index (χ1) is 19.3. The molecule has 0 aromatic heterocycles. The zero-order valence-electron chi connectivity index (χ0n) is 24.0. The zero-order chi connectivity index (χ0) is 30.3. The van der Waals surface area contributed by atoms with Crippen molar-refractivity contribution in [2.75, 3.05) is 17.1 Å². The van der Waals surface area contributed by atoms with Gasteiger partial charge >= 0.3 is 0 Å². The first-order valence-electron chi connectivity index (χ1n) is 13.4. The summed E-state index contributed by atoms with van der Waals surface area (Å²) >= 11 is 12.4. The van der Waals surface area contributed by atoms with Crippen LogP contribution in [0, 0.1) is 13.8 Å². The highest BCUT2D eigenvalue weighted by molar-refractivity contribution is 7.92. The number of aryl methyl sites for hydroxylation is 2. The van der Waals surface area contributed by atoms with Crippen LogP contribution in [-0.4, -0.2) is 50.0 Å². The Labute approximate surface area is 253 Å². The maximum absolute atomic E-state index is 14.2. The molecule has 0 bridgehead atoms. The lowest BCUT2D eigenvalue weighted by Crippen LogP contribution is -2.54. The minimum Gasteiger partial charge on any atom is -0.352 e. The van der Waals surface area contributed by atoms with Gasteiger partial charge < -0.3 is 10.2 Å². The molecule has 0 spiro atoms. The van der Waals surface area contributed by atoms with Crippen molar-refractivity contribution in [3.8, 4) is 0 Å². The van der Waals surface area contributed by atoms with Gasteiger partial charge in [-0.3, -0.25) is 13.9 Å². The minimum absolute atomic E-state index is 0.0195. The number of amides is 2. The summed E-state index contributed by atoms with van der Waals surface area (Å²) < 4.78 is 27.0. The number of rotatable bonds is 12. The summed E-state index contributed by atoms with van der Waals surface area (Å²) in [5.41, 5.74) is 3.78. The number of nitrogens with one attached hydrogen (secondary N) is 1. The van der Waals surface area contributed by atoms with E-state index in [1.165, 1.54) is 4.90 Å². The van der Waals surface area contributed by atoms with Crippen LogP contribution >= 0.6 is 23.2 Å². The van der Waals surface area contributed by atoms with Crippen molar-refractivity contribution < 1.29 is 18.0 Å². The topological polar surface area (TPSA) is 86.8 Å². The number of sulfonamides is 1. The SMILES string of the molecule is CC[C@@H](C)NC(=O)[C@H](Cc1ccccc1)N(Cc1ccc(Cl)c(Cl)c1)C(=O)CN(c1ccc(C)c(C)c1)S(C)(=O)=O. The summed E-state index contributed by atoms with van der Waals surface area (Å²) in [5, 5.41) is 3.68. The van der Waals surface area contributed by atoms with Crippen molar-refractivity contribution in [3.05, 3.63) is 99.0 Å². The van der Waals surface area contributed by atoms with Gasteiger partial charge in [0.25, 0.3) is 0 Å². The van der Waals surface area contributed by atoms with Crippen LogP contribution in [0.4, 0.5) is 5.69 Å². The number of hydrogen-bond acceptors (Lipinski definition) is 4. The van der Waals surface area contributed by atoms with E-state index >= 15 is 0 Å². The quantitative estimate of drug-likeness (QED) is 0.273. The Morgan fingerprint density at radius 2 is 1.59 bits per heavy atom. The molecule has 220 valence electrons. The van der Waals surface area contributed by atoms with E-state index in [0.29, 0.717) is 27.7 Å². The summed E-state index contributed by atoms with van der Waals surface area (Å²) in [5.74, 6) is -0.853. The third-order valence-electron chi connectivity index (χ3n) is 7.07. The summed E-state index contributed by atoms with van der Waals surface area (Å²) in [6.07, 6.45) is 2.01. The standard InChI is InChI=1S/C31H37Cl2N3O4S/c1-6-23(4)34-31(38)29(18-24-10-8-7-9-11-24)35(19-25-13-15-27(32)28(33)17-25)30(37)20-36(41(5,39)40)26-14-12-21(2)22(3)16-26/h7-17,23,29H,6,18-20H2,1-5H3,(H,34,38)/t23-,29+/m1/s1. The van der Waals surface area contributed by atoms with Crippen molar-refractivity contribution in [2.45, 2.75) is 59.2 Å². The van der Waals surface area contributed by atoms with Gasteiger partial charge in [-0.15, -0.1) is 0 Å². The lowest BCUT2D eigenvalue weighted by atomic mass is 10.0. The van der Waals surface area contributed by atoms with Crippen LogP contribution < -0.4 is 9.62 Å². The molecule has 0 aliphatic rings. The molecule has 2 amide bonds. The average molecular weight is 619 g/mol. The number of halogens is 2. The molecule has 0 saturated carbocycles. The molecule has 10 heteroatoms. The van der Waals surface area contributed by atoms with Gasteiger partial charge in [-0.05, 0) is 73.7 Å². The molecule has 0 radical (unpaired) electrons. The van der Waals surface area contributed by atoms with Crippen LogP contribution in [-0.2, 0) is 32.6 Å². The maximum atomic E-state index is 14.2. The second-order valence-corrected chi connectivity index (χ2v) is 13.1. The molecule has 7 nitrogen and oxygen atoms in total. The summed E-state index contributed by atoms with van der Waals surface area (Å²) in [6, 6.07) is 18.6. The first-order valence-corrected chi connectivity index (χ1v) is 16.0. The van der Waals surface area contributed by atoms with Crippen molar-refractivity contribution in [1.29, 1.82) is 0 Å². The van der Waals surface area contributed by atoms with Gasteiger partial charge in [0, 0.05) is 19.0 Å². The van der Waals surface area contributed by atoms with Crippen LogP contribution in [0.3, 0.4) is 0 Å². The highest BCUT2D eigenvalue weighted by Gasteiger charge is 2.33. The Kier molecular flexibility index (Phi) is 11.2. The largest absolute Gasteiger partial charge is 0.352 e.